The van der Waals surface area contributed by atoms with Gasteiger partial charge in [-0.1, -0.05) is 39.0 Å². The van der Waals surface area contributed by atoms with E-state index < -0.39 is 6.03 Å². The number of ether oxygens (including phenoxy) is 1. The van der Waals surface area contributed by atoms with E-state index in [1.54, 1.807) is 29.1 Å². The van der Waals surface area contributed by atoms with Gasteiger partial charge in [-0.05, 0) is 36.6 Å². The van der Waals surface area contributed by atoms with Crippen molar-refractivity contribution in [3.05, 3.63) is 89.1 Å². The van der Waals surface area contributed by atoms with Crippen LogP contribution in [-0.4, -0.2) is 37.0 Å². The highest BCUT2D eigenvalue weighted by Gasteiger charge is 2.21. The number of rotatable bonds is 6. The van der Waals surface area contributed by atoms with Crippen LogP contribution in [0.25, 0.3) is 16.9 Å². The van der Waals surface area contributed by atoms with Crippen molar-refractivity contribution in [3.63, 3.8) is 0 Å². The van der Waals surface area contributed by atoms with E-state index in [1.807, 2.05) is 48.7 Å². The summed E-state index contributed by atoms with van der Waals surface area (Å²) >= 11 is 1.47. The maximum absolute atomic E-state index is 13.0. The van der Waals surface area contributed by atoms with Crippen molar-refractivity contribution in [2.45, 2.75) is 31.1 Å². The van der Waals surface area contributed by atoms with Crippen LogP contribution in [0.4, 0.5) is 16.3 Å². The number of aromatic nitrogens is 5. The van der Waals surface area contributed by atoms with Gasteiger partial charge in [0.2, 0.25) is 0 Å². The van der Waals surface area contributed by atoms with Gasteiger partial charge in [0, 0.05) is 29.4 Å². The Labute approximate surface area is 228 Å². The molecule has 0 saturated carbocycles. The van der Waals surface area contributed by atoms with Gasteiger partial charge in [0.25, 0.3) is 5.56 Å². The minimum atomic E-state index is -0.401. The minimum absolute atomic E-state index is 0.193. The lowest BCUT2D eigenvalue weighted by Crippen LogP contribution is -2.21. The first-order chi connectivity index (χ1) is 18.7. The standard InChI is InChI=1S/C28H27N7O3S/c1-28(2,3)22-15-23(35(34-22)18-8-6-5-7-9-18)32-27(37)31-17-10-11-19(21(14-17)39-4)38-20-12-13-29-26-25(20)30-16-24(36)33-26/h5-16H,1-4H3,(H,29,33,36)(H2,31,32,37). The molecular weight excluding hydrogens is 514 g/mol. The number of anilines is 2. The first-order valence-electron chi connectivity index (χ1n) is 12.2. The zero-order valence-corrected chi connectivity index (χ0v) is 22.7. The molecule has 5 aromatic rings. The van der Waals surface area contributed by atoms with E-state index in [-0.39, 0.29) is 11.0 Å². The average molecular weight is 542 g/mol. The van der Waals surface area contributed by atoms with Crippen LogP contribution < -0.4 is 20.9 Å². The lowest BCUT2D eigenvalue weighted by molar-refractivity contribution is 0.262. The number of nitrogens with zero attached hydrogens (tertiary/aromatic N) is 4. The number of carbonyl (C=O) groups is 1. The van der Waals surface area contributed by atoms with Gasteiger partial charge in [0.15, 0.2) is 11.4 Å². The molecule has 0 bridgehead atoms. The summed E-state index contributed by atoms with van der Waals surface area (Å²) in [5.74, 6) is 1.59. The van der Waals surface area contributed by atoms with Crippen molar-refractivity contribution in [1.29, 1.82) is 0 Å². The second-order valence-corrected chi connectivity index (χ2v) is 10.6. The molecule has 39 heavy (non-hydrogen) atoms. The summed E-state index contributed by atoms with van der Waals surface area (Å²) in [5, 5.41) is 10.6. The van der Waals surface area contributed by atoms with Gasteiger partial charge in [-0.2, -0.15) is 5.10 Å². The van der Waals surface area contributed by atoms with E-state index in [1.165, 1.54) is 18.0 Å². The summed E-state index contributed by atoms with van der Waals surface area (Å²) in [6.45, 7) is 6.23. The van der Waals surface area contributed by atoms with E-state index in [0.29, 0.717) is 34.2 Å². The van der Waals surface area contributed by atoms with E-state index in [2.05, 4.69) is 46.4 Å². The molecule has 3 N–H and O–H groups in total. The van der Waals surface area contributed by atoms with Crippen LogP contribution in [0.3, 0.4) is 0 Å². The first kappa shape index (κ1) is 26.0. The molecule has 0 fully saturated rings. The second kappa shape index (κ2) is 10.6. The quantitative estimate of drug-likeness (QED) is 0.226. The van der Waals surface area contributed by atoms with Crippen LogP contribution in [0.15, 0.2) is 82.7 Å². The fraction of sp³-hybridized carbons (Fsp3) is 0.179. The summed E-state index contributed by atoms with van der Waals surface area (Å²) in [4.78, 5) is 36.4. The number of H-pyrrole nitrogens is 1. The van der Waals surface area contributed by atoms with Crippen LogP contribution in [0.2, 0.25) is 0 Å². The topological polar surface area (TPSA) is 127 Å². The van der Waals surface area contributed by atoms with Gasteiger partial charge in [-0.25, -0.2) is 19.4 Å². The molecule has 5 rings (SSSR count). The molecule has 0 saturated heterocycles. The summed E-state index contributed by atoms with van der Waals surface area (Å²) < 4.78 is 7.85. The Bertz CT molecular complexity index is 1710. The highest BCUT2D eigenvalue weighted by Crippen LogP contribution is 2.35. The molecule has 0 spiro atoms. The average Bonchev–Trinajstić information content (AvgIpc) is 3.34. The normalized spacial score (nSPS) is 11.4. The Balaban J connectivity index is 1.36. The molecule has 0 aliphatic carbocycles. The van der Waals surface area contributed by atoms with Gasteiger partial charge in [-0.3, -0.25) is 10.1 Å². The molecule has 0 atom stereocenters. The number of fused-ring (bicyclic) bond motifs is 1. The molecule has 2 aromatic carbocycles. The van der Waals surface area contributed by atoms with E-state index in [0.717, 1.165) is 16.3 Å². The monoisotopic (exact) mass is 541 g/mol. The van der Waals surface area contributed by atoms with Crippen LogP contribution in [0, 0.1) is 0 Å². The number of thioether (sulfide) groups is 1. The molecule has 10 nitrogen and oxygen atoms in total. The number of amides is 2. The highest BCUT2D eigenvalue weighted by atomic mass is 32.2. The van der Waals surface area contributed by atoms with Crippen molar-refractivity contribution in [2.75, 3.05) is 16.9 Å². The number of para-hydroxylation sites is 1. The smallest absolute Gasteiger partial charge is 0.324 e. The molecule has 0 unspecified atom stereocenters. The van der Waals surface area contributed by atoms with Crippen molar-refractivity contribution in [2.24, 2.45) is 0 Å². The van der Waals surface area contributed by atoms with Gasteiger partial charge >= 0.3 is 6.03 Å². The maximum Gasteiger partial charge on any atom is 0.324 e. The van der Waals surface area contributed by atoms with E-state index in [4.69, 9.17) is 9.84 Å². The molecule has 3 aromatic heterocycles. The Kier molecular flexibility index (Phi) is 7.07. The first-order valence-corrected chi connectivity index (χ1v) is 13.4. The predicted molar refractivity (Wildman–Crippen MR) is 153 cm³/mol. The van der Waals surface area contributed by atoms with Crippen LogP contribution >= 0.6 is 11.8 Å². The zero-order valence-electron chi connectivity index (χ0n) is 21.9. The number of urea groups is 1. The van der Waals surface area contributed by atoms with E-state index in [9.17, 15) is 9.59 Å². The largest absolute Gasteiger partial charge is 0.454 e. The third-order valence-electron chi connectivity index (χ3n) is 5.80. The highest BCUT2D eigenvalue weighted by molar-refractivity contribution is 7.98. The molecule has 2 amide bonds. The molecule has 11 heteroatoms. The number of aromatic amines is 1. The van der Waals surface area contributed by atoms with Gasteiger partial charge < -0.3 is 15.0 Å². The summed E-state index contributed by atoms with van der Waals surface area (Å²) in [7, 11) is 0. The zero-order chi connectivity index (χ0) is 27.6. The van der Waals surface area contributed by atoms with E-state index >= 15 is 0 Å². The third kappa shape index (κ3) is 5.78. The lowest BCUT2D eigenvalue weighted by Gasteiger charge is -2.14. The Morgan fingerprint density at radius 2 is 1.79 bits per heavy atom. The Morgan fingerprint density at radius 1 is 1.00 bits per heavy atom. The fourth-order valence-electron chi connectivity index (χ4n) is 3.84. The molecular formula is C28H27N7O3S. The molecule has 0 radical (unpaired) electrons. The van der Waals surface area contributed by atoms with Gasteiger partial charge in [0.05, 0.1) is 22.5 Å². The van der Waals surface area contributed by atoms with Gasteiger partial charge in [-0.15, -0.1) is 11.8 Å². The minimum Gasteiger partial charge on any atom is -0.454 e. The summed E-state index contributed by atoms with van der Waals surface area (Å²) in [6.07, 6.45) is 4.64. The number of benzene rings is 2. The molecule has 0 aliphatic heterocycles. The van der Waals surface area contributed by atoms with Crippen LogP contribution in [0.1, 0.15) is 26.5 Å². The maximum atomic E-state index is 13.0. The number of carbonyl (C=O) groups excluding carboxylic acids is 1. The van der Waals surface area contributed by atoms with Crippen molar-refractivity contribution in [1.82, 2.24) is 24.7 Å². The summed E-state index contributed by atoms with van der Waals surface area (Å²) in [6, 6.07) is 18.2. The fourth-order valence-corrected chi connectivity index (χ4v) is 4.39. The molecule has 3 heterocycles. The molecule has 198 valence electrons. The predicted octanol–water partition coefficient (Wildman–Crippen LogP) is 5.96. The van der Waals surface area contributed by atoms with Crippen molar-refractivity contribution >= 4 is 40.5 Å². The second-order valence-electron chi connectivity index (χ2n) is 9.71. The Morgan fingerprint density at radius 3 is 2.54 bits per heavy atom. The number of hydrogen-bond donors (Lipinski definition) is 3. The number of hydrogen-bond acceptors (Lipinski definition) is 7. The van der Waals surface area contributed by atoms with Crippen LogP contribution in [0.5, 0.6) is 11.5 Å². The van der Waals surface area contributed by atoms with Crippen molar-refractivity contribution in [3.8, 4) is 17.2 Å². The third-order valence-corrected chi connectivity index (χ3v) is 6.56. The number of pyridine rings is 1. The SMILES string of the molecule is CSc1cc(NC(=O)Nc2cc(C(C)(C)C)nn2-c2ccccc2)ccc1Oc1ccnc2[nH]c(=O)cnc12. The van der Waals surface area contributed by atoms with Crippen molar-refractivity contribution < 1.29 is 9.53 Å². The van der Waals surface area contributed by atoms with Gasteiger partial charge in [0.1, 0.15) is 17.1 Å². The summed E-state index contributed by atoms with van der Waals surface area (Å²) in [5.41, 5.74) is 2.54. The number of nitrogens with one attached hydrogen (secondary N) is 3. The Hall–Kier alpha value is -4.64. The lowest BCUT2D eigenvalue weighted by atomic mass is 9.92. The van der Waals surface area contributed by atoms with Crippen LogP contribution in [-0.2, 0) is 5.41 Å². The molecule has 0 aliphatic rings.